The quantitative estimate of drug-likeness (QED) is 0.858. The second kappa shape index (κ2) is 4.49. The van der Waals surface area contributed by atoms with Crippen LogP contribution in [0.3, 0.4) is 0 Å². The van der Waals surface area contributed by atoms with E-state index in [2.05, 4.69) is 25.9 Å². The van der Waals surface area contributed by atoms with Gasteiger partial charge in [-0.25, -0.2) is 4.98 Å². The predicted molar refractivity (Wildman–Crippen MR) is 68.6 cm³/mol. The molecule has 0 bridgehead atoms. The molecule has 0 aliphatic heterocycles. The van der Waals surface area contributed by atoms with Crippen LogP contribution >= 0.6 is 15.9 Å². The van der Waals surface area contributed by atoms with Crippen LogP contribution in [0.4, 0.5) is 17.5 Å². The highest BCUT2D eigenvalue weighted by atomic mass is 79.9. The zero-order chi connectivity index (χ0) is 11.5. The van der Waals surface area contributed by atoms with Gasteiger partial charge >= 0.3 is 0 Å². The number of anilines is 3. The molecule has 1 aromatic heterocycles. The number of rotatable bonds is 2. The number of nitrogen functional groups attached to an aromatic ring is 1. The van der Waals surface area contributed by atoms with E-state index >= 15 is 0 Å². The Morgan fingerprint density at radius 1 is 1.19 bits per heavy atom. The first-order chi connectivity index (χ1) is 7.66. The largest absolute Gasteiger partial charge is 0.383 e. The summed E-state index contributed by atoms with van der Waals surface area (Å²) in [5.41, 5.74) is 6.68. The molecular formula is C11H11BrN4. The second-order valence-electron chi connectivity index (χ2n) is 3.31. The van der Waals surface area contributed by atoms with Gasteiger partial charge < -0.3 is 10.6 Å². The van der Waals surface area contributed by atoms with E-state index < -0.39 is 0 Å². The smallest absolute Gasteiger partial charge is 0.232 e. The fourth-order valence-corrected chi connectivity index (χ4v) is 1.73. The third kappa shape index (κ3) is 2.30. The van der Waals surface area contributed by atoms with Crippen molar-refractivity contribution >= 4 is 33.4 Å². The summed E-state index contributed by atoms with van der Waals surface area (Å²) in [5.74, 6) is 1.01. The molecule has 0 atom stereocenters. The van der Waals surface area contributed by atoms with Gasteiger partial charge in [0.2, 0.25) is 5.95 Å². The predicted octanol–water partition coefficient (Wildman–Crippen LogP) is 2.59. The Bertz CT molecular complexity index is 466. The van der Waals surface area contributed by atoms with E-state index in [-0.39, 0.29) is 0 Å². The summed E-state index contributed by atoms with van der Waals surface area (Å²) in [6.07, 6.45) is 0. The number of para-hydroxylation sites is 1. The SMILES string of the molecule is CN(c1ccccc1)c1nc(N)cc(Br)n1. The van der Waals surface area contributed by atoms with Crippen LogP contribution < -0.4 is 10.6 Å². The normalized spacial score (nSPS) is 10.1. The van der Waals surface area contributed by atoms with Crippen molar-refractivity contribution in [3.05, 3.63) is 41.0 Å². The molecule has 82 valence electrons. The Labute approximate surface area is 102 Å². The highest BCUT2D eigenvalue weighted by molar-refractivity contribution is 9.10. The molecule has 4 nitrogen and oxygen atoms in total. The molecule has 0 radical (unpaired) electrons. The van der Waals surface area contributed by atoms with Crippen LogP contribution in [0.15, 0.2) is 41.0 Å². The number of aromatic nitrogens is 2. The summed E-state index contributed by atoms with van der Waals surface area (Å²) in [6.45, 7) is 0. The Morgan fingerprint density at radius 2 is 1.88 bits per heavy atom. The van der Waals surface area contributed by atoms with Gasteiger partial charge in [0, 0.05) is 18.8 Å². The van der Waals surface area contributed by atoms with E-state index in [9.17, 15) is 0 Å². The Kier molecular flexibility index (Phi) is 3.05. The molecule has 2 N–H and O–H groups in total. The Hall–Kier alpha value is -1.62. The molecular weight excluding hydrogens is 268 g/mol. The maximum absolute atomic E-state index is 5.67. The van der Waals surface area contributed by atoms with Gasteiger partial charge in [0.25, 0.3) is 0 Å². The molecule has 2 rings (SSSR count). The number of hydrogen-bond acceptors (Lipinski definition) is 4. The number of nitrogens with two attached hydrogens (primary N) is 1. The lowest BCUT2D eigenvalue weighted by molar-refractivity contribution is 1.03. The lowest BCUT2D eigenvalue weighted by atomic mass is 10.3. The molecule has 0 saturated heterocycles. The maximum atomic E-state index is 5.67. The average molecular weight is 279 g/mol. The van der Waals surface area contributed by atoms with Crippen LogP contribution in [-0.2, 0) is 0 Å². The van der Waals surface area contributed by atoms with Gasteiger partial charge in [-0.3, -0.25) is 0 Å². The van der Waals surface area contributed by atoms with E-state index in [1.165, 1.54) is 0 Å². The van der Waals surface area contributed by atoms with Crippen LogP contribution in [0.5, 0.6) is 0 Å². The Morgan fingerprint density at radius 3 is 2.50 bits per heavy atom. The molecule has 16 heavy (non-hydrogen) atoms. The van der Waals surface area contributed by atoms with Gasteiger partial charge in [-0.05, 0) is 28.1 Å². The number of benzene rings is 1. The van der Waals surface area contributed by atoms with Crippen molar-refractivity contribution in [1.82, 2.24) is 9.97 Å². The first kappa shape index (κ1) is 10.9. The molecule has 0 amide bonds. The summed E-state index contributed by atoms with van der Waals surface area (Å²) in [6, 6.07) is 11.5. The summed E-state index contributed by atoms with van der Waals surface area (Å²) in [5, 5.41) is 0. The fourth-order valence-electron chi connectivity index (χ4n) is 1.34. The first-order valence-electron chi connectivity index (χ1n) is 4.75. The molecule has 0 aliphatic rings. The number of nitrogens with zero attached hydrogens (tertiary/aromatic N) is 3. The van der Waals surface area contributed by atoms with Crippen LogP contribution in [0.1, 0.15) is 0 Å². The van der Waals surface area contributed by atoms with Crippen molar-refractivity contribution in [3.63, 3.8) is 0 Å². The highest BCUT2D eigenvalue weighted by Gasteiger charge is 2.07. The zero-order valence-electron chi connectivity index (χ0n) is 8.76. The molecule has 1 heterocycles. The van der Waals surface area contributed by atoms with Crippen molar-refractivity contribution in [3.8, 4) is 0 Å². The third-order valence-electron chi connectivity index (χ3n) is 2.15. The third-order valence-corrected chi connectivity index (χ3v) is 2.55. The van der Waals surface area contributed by atoms with Crippen molar-refractivity contribution in [2.75, 3.05) is 17.7 Å². The van der Waals surface area contributed by atoms with Crippen LogP contribution in [-0.4, -0.2) is 17.0 Å². The molecule has 2 aromatic rings. The van der Waals surface area contributed by atoms with Gasteiger partial charge in [-0.15, -0.1) is 0 Å². The van der Waals surface area contributed by atoms with Crippen molar-refractivity contribution < 1.29 is 0 Å². The average Bonchev–Trinajstić information content (AvgIpc) is 2.28. The standard InChI is InChI=1S/C11H11BrN4/c1-16(8-5-3-2-4-6-8)11-14-9(12)7-10(13)15-11/h2-7H,1H3,(H2,13,14,15). The van der Waals surface area contributed by atoms with Gasteiger partial charge in [-0.1, -0.05) is 18.2 Å². The molecule has 0 saturated carbocycles. The van der Waals surface area contributed by atoms with E-state index in [1.807, 2.05) is 42.3 Å². The zero-order valence-corrected chi connectivity index (χ0v) is 10.3. The van der Waals surface area contributed by atoms with Crippen molar-refractivity contribution in [1.29, 1.82) is 0 Å². The van der Waals surface area contributed by atoms with Gasteiger partial charge in [0.1, 0.15) is 10.4 Å². The lowest BCUT2D eigenvalue weighted by Crippen LogP contribution is -2.13. The van der Waals surface area contributed by atoms with Crippen LogP contribution in [0, 0.1) is 0 Å². The fraction of sp³-hybridized carbons (Fsp3) is 0.0909. The van der Waals surface area contributed by atoms with E-state index in [4.69, 9.17) is 5.73 Å². The van der Waals surface area contributed by atoms with E-state index in [1.54, 1.807) is 6.07 Å². The summed E-state index contributed by atoms with van der Waals surface area (Å²) in [4.78, 5) is 10.3. The van der Waals surface area contributed by atoms with Crippen LogP contribution in [0.25, 0.3) is 0 Å². The molecule has 5 heteroatoms. The number of hydrogen-bond donors (Lipinski definition) is 1. The number of halogens is 1. The molecule has 0 fully saturated rings. The molecule has 0 unspecified atom stereocenters. The molecule has 1 aromatic carbocycles. The molecule has 0 aliphatic carbocycles. The Balaban J connectivity index is 2.37. The lowest BCUT2D eigenvalue weighted by Gasteiger charge is -2.17. The topological polar surface area (TPSA) is 55.0 Å². The van der Waals surface area contributed by atoms with Crippen molar-refractivity contribution in [2.24, 2.45) is 0 Å². The maximum Gasteiger partial charge on any atom is 0.232 e. The van der Waals surface area contributed by atoms with E-state index in [0.717, 1.165) is 5.69 Å². The van der Waals surface area contributed by atoms with Gasteiger partial charge in [-0.2, -0.15) is 4.98 Å². The minimum atomic E-state index is 0.444. The minimum absolute atomic E-state index is 0.444. The summed E-state index contributed by atoms with van der Waals surface area (Å²) in [7, 11) is 1.90. The minimum Gasteiger partial charge on any atom is -0.383 e. The summed E-state index contributed by atoms with van der Waals surface area (Å²) < 4.78 is 0.679. The van der Waals surface area contributed by atoms with Crippen LogP contribution in [0.2, 0.25) is 0 Å². The monoisotopic (exact) mass is 278 g/mol. The van der Waals surface area contributed by atoms with Crippen molar-refractivity contribution in [2.45, 2.75) is 0 Å². The van der Waals surface area contributed by atoms with E-state index in [0.29, 0.717) is 16.4 Å². The molecule has 0 spiro atoms. The van der Waals surface area contributed by atoms with Gasteiger partial charge in [0.05, 0.1) is 0 Å². The highest BCUT2D eigenvalue weighted by Crippen LogP contribution is 2.22. The first-order valence-corrected chi connectivity index (χ1v) is 5.55. The second-order valence-corrected chi connectivity index (χ2v) is 4.12. The summed E-state index contributed by atoms with van der Waals surface area (Å²) >= 11 is 3.30. The van der Waals surface area contributed by atoms with Gasteiger partial charge in [0.15, 0.2) is 0 Å².